The molecular formula is C15H15F2NO. The summed E-state index contributed by atoms with van der Waals surface area (Å²) in [7, 11) is 1.51. The summed E-state index contributed by atoms with van der Waals surface area (Å²) in [5.74, 6) is -0.149. The number of nitrogens with one attached hydrogen (secondary N) is 1. The van der Waals surface area contributed by atoms with Gasteiger partial charge in [-0.25, -0.2) is 8.78 Å². The highest BCUT2D eigenvalue weighted by atomic mass is 19.1. The number of anilines is 1. The maximum Gasteiger partial charge on any atom is 0.146 e. The van der Waals surface area contributed by atoms with E-state index < -0.39 is 5.82 Å². The zero-order chi connectivity index (χ0) is 13.8. The molecule has 0 aliphatic rings. The number of ether oxygens (including phenoxy) is 1. The van der Waals surface area contributed by atoms with Crippen molar-refractivity contribution in [2.75, 3.05) is 12.4 Å². The molecule has 0 aromatic heterocycles. The number of hydrogen-bond donors (Lipinski definition) is 1. The van der Waals surface area contributed by atoms with Gasteiger partial charge in [-0.2, -0.15) is 0 Å². The Labute approximate surface area is 111 Å². The van der Waals surface area contributed by atoms with Crippen molar-refractivity contribution in [2.45, 2.75) is 13.5 Å². The first kappa shape index (κ1) is 13.3. The monoisotopic (exact) mass is 263 g/mol. The molecule has 1 N–H and O–H groups in total. The summed E-state index contributed by atoms with van der Waals surface area (Å²) >= 11 is 0. The standard InChI is InChI=1S/C15H15F2NO/c1-10-3-5-13(16)11(7-10)9-18-15-8-12(19-2)4-6-14(15)17/h3-8,18H,9H2,1-2H3. The van der Waals surface area contributed by atoms with Gasteiger partial charge in [-0.05, 0) is 25.1 Å². The van der Waals surface area contributed by atoms with Gasteiger partial charge in [-0.15, -0.1) is 0 Å². The van der Waals surface area contributed by atoms with E-state index in [0.717, 1.165) is 5.56 Å². The highest BCUT2D eigenvalue weighted by Crippen LogP contribution is 2.22. The third kappa shape index (κ3) is 3.22. The molecule has 0 aliphatic carbocycles. The number of hydrogen-bond acceptors (Lipinski definition) is 2. The summed E-state index contributed by atoms with van der Waals surface area (Å²) in [4.78, 5) is 0. The van der Waals surface area contributed by atoms with Gasteiger partial charge in [0.25, 0.3) is 0 Å². The normalized spacial score (nSPS) is 10.3. The van der Waals surface area contributed by atoms with Gasteiger partial charge in [0.1, 0.15) is 17.4 Å². The second-order valence-corrected chi connectivity index (χ2v) is 4.29. The molecule has 0 radical (unpaired) electrons. The van der Waals surface area contributed by atoms with Gasteiger partial charge in [-0.3, -0.25) is 0 Å². The molecule has 2 nitrogen and oxygen atoms in total. The molecule has 4 heteroatoms. The van der Waals surface area contributed by atoms with Gasteiger partial charge in [0.2, 0.25) is 0 Å². The Morgan fingerprint density at radius 2 is 1.79 bits per heavy atom. The largest absolute Gasteiger partial charge is 0.497 e. The molecule has 0 atom stereocenters. The average Bonchev–Trinajstić information content (AvgIpc) is 2.41. The van der Waals surface area contributed by atoms with Crippen molar-refractivity contribution in [3.63, 3.8) is 0 Å². The van der Waals surface area contributed by atoms with Gasteiger partial charge >= 0.3 is 0 Å². The lowest BCUT2D eigenvalue weighted by Crippen LogP contribution is -2.04. The quantitative estimate of drug-likeness (QED) is 0.903. The first-order valence-electron chi connectivity index (χ1n) is 5.92. The van der Waals surface area contributed by atoms with Crippen molar-refractivity contribution in [3.05, 3.63) is 59.2 Å². The molecule has 2 rings (SSSR count). The van der Waals surface area contributed by atoms with Gasteiger partial charge < -0.3 is 10.1 Å². The minimum Gasteiger partial charge on any atom is -0.497 e. The van der Waals surface area contributed by atoms with Crippen LogP contribution in [0.1, 0.15) is 11.1 Å². The van der Waals surface area contributed by atoms with Crippen LogP contribution in [-0.2, 0) is 6.54 Å². The average molecular weight is 263 g/mol. The first-order chi connectivity index (χ1) is 9.10. The van der Waals surface area contributed by atoms with Crippen molar-refractivity contribution >= 4 is 5.69 Å². The molecule has 0 saturated carbocycles. The number of rotatable bonds is 4. The molecule has 0 amide bonds. The SMILES string of the molecule is COc1ccc(F)c(NCc2cc(C)ccc2F)c1. The number of benzene rings is 2. The van der Waals surface area contributed by atoms with Gasteiger partial charge in [0.15, 0.2) is 0 Å². The van der Waals surface area contributed by atoms with Crippen LogP contribution in [-0.4, -0.2) is 7.11 Å². The lowest BCUT2D eigenvalue weighted by Gasteiger charge is -2.10. The van der Waals surface area contributed by atoms with Gasteiger partial charge in [-0.1, -0.05) is 17.7 Å². The van der Waals surface area contributed by atoms with E-state index in [1.807, 2.05) is 6.92 Å². The molecule has 0 bridgehead atoms. The van der Waals surface area contributed by atoms with E-state index >= 15 is 0 Å². The van der Waals surface area contributed by atoms with E-state index in [0.29, 0.717) is 17.0 Å². The second-order valence-electron chi connectivity index (χ2n) is 4.29. The van der Waals surface area contributed by atoms with E-state index in [4.69, 9.17) is 4.74 Å². The van der Waals surface area contributed by atoms with Crippen LogP contribution >= 0.6 is 0 Å². The second kappa shape index (κ2) is 5.69. The van der Waals surface area contributed by atoms with Crippen LogP contribution in [0.3, 0.4) is 0 Å². The fraction of sp³-hybridized carbons (Fsp3) is 0.200. The molecule has 2 aromatic carbocycles. The highest BCUT2D eigenvalue weighted by Gasteiger charge is 2.06. The molecule has 0 aliphatic heterocycles. The predicted octanol–water partition coefficient (Wildman–Crippen LogP) is 3.89. The van der Waals surface area contributed by atoms with Gasteiger partial charge in [0, 0.05) is 18.2 Å². The summed E-state index contributed by atoms with van der Waals surface area (Å²) in [6.45, 7) is 2.10. The minimum atomic E-state index is -0.395. The number of methoxy groups -OCH3 is 1. The predicted molar refractivity (Wildman–Crippen MR) is 71.4 cm³/mol. The maximum absolute atomic E-state index is 13.6. The zero-order valence-electron chi connectivity index (χ0n) is 10.8. The molecule has 2 aromatic rings. The summed E-state index contributed by atoms with van der Waals surface area (Å²) in [5.41, 5.74) is 1.76. The highest BCUT2D eigenvalue weighted by molar-refractivity contribution is 5.50. The fourth-order valence-corrected chi connectivity index (χ4v) is 1.80. The van der Waals surface area contributed by atoms with Crippen molar-refractivity contribution in [2.24, 2.45) is 0 Å². The van der Waals surface area contributed by atoms with Crippen LogP contribution in [0.5, 0.6) is 5.75 Å². The lowest BCUT2D eigenvalue weighted by molar-refractivity contribution is 0.414. The van der Waals surface area contributed by atoms with Crippen molar-refractivity contribution in [1.29, 1.82) is 0 Å². The molecular weight excluding hydrogens is 248 g/mol. The van der Waals surface area contributed by atoms with E-state index in [1.165, 1.54) is 25.3 Å². The van der Waals surface area contributed by atoms with Crippen LogP contribution in [0.2, 0.25) is 0 Å². The van der Waals surface area contributed by atoms with Crippen LogP contribution in [0.15, 0.2) is 36.4 Å². The van der Waals surface area contributed by atoms with Crippen LogP contribution in [0.25, 0.3) is 0 Å². The van der Waals surface area contributed by atoms with E-state index in [1.54, 1.807) is 18.2 Å². The first-order valence-corrected chi connectivity index (χ1v) is 5.92. The van der Waals surface area contributed by atoms with Crippen molar-refractivity contribution in [3.8, 4) is 5.75 Å². The Morgan fingerprint density at radius 3 is 2.53 bits per heavy atom. The minimum absolute atomic E-state index is 0.220. The molecule has 0 fully saturated rings. The van der Waals surface area contributed by atoms with Crippen molar-refractivity contribution < 1.29 is 13.5 Å². The molecule has 0 spiro atoms. The molecule has 100 valence electrons. The molecule has 0 heterocycles. The molecule has 0 saturated heterocycles. The Hall–Kier alpha value is -2.10. The van der Waals surface area contributed by atoms with E-state index in [-0.39, 0.29) is 12.4 Å². The number of halogens is 2. The van der Waals surface area contributed by atoms with E-state index in [9.17, 15) is 8.78 Å². The summed E-state index contributed by atoms with van der Waals surface area (Å²) < 4.78 is 32.2. The van der Waals surface area contributed by atoms with Crippen LogP contribution < -0.4 is 10.1 Å². The Kier molecular flexibility index (Phi) is 4.00. The third-order valence-electron chi connectivity index (χ3n) is 2.84. The Balaban J connectivity index is 2.16. The summed E-state index contributed by atoms with van der Waals surface area (Å²) in [5, 5.41) is 2.88. The third-order valence-corrected chi connectivity index (χ3v) is 2.84. The van der Waals surface area contributed by atoms with Crippen molar-refractivity contribution in [1.82, 2.24) is 0 Å². The van der Waals surface area contributed by atoms with Crippen LogP contribution in [0.4, 0.5) is 14.5 Å². The summed E-state index contributed by atoms with van der Waals surface area (Å²) in [6.07, 6.45) is 0. The Bertz CT molecular complexity index is 584. The maximum atomic E-state index is 13.6. The Morgan fingerprint density at radius 1 is 1.05 bits per heavy atom. The zero-order valence-corrected chi connectivity index (χ0v) is 10.8. The smallest absolute Gasteiger partial charge is 0.146 e. The molecule has 0 unspecified atom stereocenters. The topological polar surface area (TPSA) is 21.3 Å². The molecule has 19 heavy (non-hydrogen) atoms. The lowest BCUT2D eigenvalue weighted by atomic mass is 10.1. The van der Waals surface area contributed by atoms with E-state index in [2.05, 4.69) is 5.32 Å². The summed E-state index contributed by atoms with van der Waals surface area (Å²) in [6, 6.07) is 9.24. The van der Waals surface area contributed by atoms with Gasteiger partial charge in [0.05, 0.1) is 12.8 Å². The number of aryl methyl sites for hydroxylation is 1. The fourth-order valence-electron chi connectivity index (χ4n) is 1.80. The van der Waals surface area contributed by atoms with Crippen LogP contribution in [0, 0.1) is 18.6 Å².